The minimum atomic E-state index is -0.317. The Labute approximate surface area is 221 Å². The summed E-state index contributed by atoms with van der Waals surface area (Å²) in [7, 11) is 3.30. The van der Waals surface area contributed by atoms with Crippen molar-refractivity contribution in [2.24, 2.45) is 5.73 Å². The fraction of sp³-hybridized carbons (Fsp3) is 0.462. The van der Waals surface area contributed by atoms with Crippen LogP contribution in [0.5, 0.6) is 0 Å². The zero-order valence-corrected chi connectivity index (χ0v) is 22.2. The second-order valence-electron chi connectivity index (χ2n) is 10.1. The van der Waals surface area contributed by atoms with E-state index in [9.17, 15) is 9.59 Å². The number of nitrogens with two attached hydrogens (primary N) is 1. The number of urea groups is 1. The van der Waals surface area contributed by atoms with Crippen LogP contribution in [-0.4, -0.2) is 76.1 Å². The first-order valence-corrected chi connectivity index (χ1v) is 13.1. The molecule has 0 saturated carbocycles. The van der Waals surface area contributed by atoms with E-state index in [4.69, 9.17) is 27.4 Å². The van der Waals surface area contributed by atoms with Gasteiger partial charge in [0.1, 0.15) is 5.82 Å². The molecule has 1 aromatic carbocycles. The quantitative estimate of drug-likeness (QED) is 0.538. The van der Waals surface area contributed by atoms with Gasteiger partial charge in [-0.15, -0.1) is 0 Å². The van der Waals surface area contributed by atoms with Gasteiger partial charge in [0.15, 0.2) is 5.65 Å². The first-order valence-electron chi connectivity index (χ1n) is 12.7. The molecule has 0 unspecified atom stereocenters. The Balaban J connectivity index is 1.47. The molecule has 3 amide bonds. The highest BCUT2D eigenvalue weighted by molar-refractivity contribution is 6.31. The molecule has 0 bridgehead atoms. The predicted molar refractivity (Wildman–Crippen MR) is 144 cm³/mol. The molecule has 37 heavy (non-hydrogen) atoms. The Morgan fingerprint density at radius 1 is 1.16 bits per heavy atom. The van der Waals surface area contributed by atoms with E-state index in [0.717, 1.165) is 61.5 Å². The zero-order chi connectivity index (χ0) is 26.3. The lowest BCUT2D eigenvalue weighted by atomic mass is 9.98. The maximum Gasteiger partial charge on any atom is 0.321 e. The van der Waals surface area contributed by atoms with Crippen LogP contribution in [0.4, 0.5) is 16.3 Å². The van der Waals surface area contributed by atoms with Crippen LogP contribution in [0.15, 0.2) is 30.5 Å². The molecule has 2 atom stereocenters. The van der Waals surface area contributed by atoms with Crippen LogP contribution < -0.4 is 16.0 Å². The molecule has 4 heterocycles. The molecular formula is C26H33ClN8O2. The van der Waals surface area contributed by atoms with Crippen LogP contribution in [0.1, 0.15) is 53.3 Å². The summed E-state index contributed by atoms with van der Waals surface area (Å²) in [5.41, 5.74) is 9.49. The van der Waals surface area contributed by atoms with Crippen molar-refractivity contribution in [2.75, 3.05) is 43.9 Å². The molecule has 0 aliphatic carbocycles. The summed E-state index contributed by atoms with van der Waals surface area (Å²) in [5.74, 6) is 0.748. The van der Waals surface area contributed by atoms with E-state index in [1.165, 1.54) is 4.90 Å². The van der Waals surface area contributed by atoms with E-state index in [1.807, 2.05) is 24.1 Å². The van der Waals surface area contributed by atoms with Crippen molar-refractivity contribution in [1.82, 2.24) is 24.4 Å². The Morgan fingerprint density at radius 3 is 2.70 bits per heavy atom. The van der Waals surface area contributed by atoms with Crippen LogP contribution in [-0.2, 0) is 0 Å². The van der Waals surface area contributed by atoms with Crippen molar-refractivity contribution in [2.45, 2.75) is 44.7 Å². The summed E-state index contributed by atoms with van der Waals surface area (Å²) < 4.78 is 1.80. The number of carbonyl (C=O) groups is 2. The fourth-order valence-corrected chi connectivity index (χ4v) is 5.32. The molecule has 10 nitrogen and oxygen atoms in total. The number of aryl methyl sites for hydroxylation is 1. The van der Waals surface area contributed by atoms with Crippen LogP contribution in [0.3, 0.4) is 0 Å². The Bertz CT molecular complexity index is 1340. The molecular weight excluding hydrogens is 492 g/mol. The Morgan fingerprint density at radius 2 is 1.97 bits per heavy atom. The van der Waals surface area contributed by atoms with Gasteiger partial charge in [0.2, 0.25) is 0 Å². The van der Waals surface area contributed by atoms with Crippen LogP contribution in [0.25, 0.3) is 5.65 Å². The number of fused-ring (bicyclic) bond motifs is 1. The molecule has 196 valence electrons. The highest BCUT2D eigenvalue weighted by atomic mass is 35.5. The number of likely N-dealkylation sites (tertiary alicyclic amines) is 1. The highest BCUT2D eigenvalue weighted by Gasteiger charge is 2.32. The molecule has 2 fully saturated rings. The van der Waals surface area contributed by atoms with Crippen LogP contribution in [0, 0.1) is 6.92 Å². The molecule has 5 rings (SSSR count). The molecule has 3 aromatic rings. The number of nitrogens with zero attached hydrogens (tertiary/aromatic N) is 6. The minimum Gasteiger partial charge on any atom is -0.355 e. The molecule has 3 N–H and O–H groups in total. The fourth-order valence-electron chi connectivity index (χ4n) is 5.15. The van der Waals surface area contributed by atoms with Gasteiger partial charge in [0.05, 0.1) is 23.0 Å². The summed E-state index contributed by atoms with van der Waals surface area (Å²) in [6.45, 7) is 4.31. The van der Waals surface area contributed by atoms with E-state index in [0.29, 0.717) is 22.8 Å². The number of benzene rings is 1. The third-order valence-electron chi connectivity index (χ3n) is 7.11. The van der Waals surface area contributed by atoms with Gasteiger partial charge < -0.3 is 25.8 Å². The van der Waals surface area contributed by atoms with Crippen LogP contribution in [0.2, 0.25) is 5.02 Å². The van der Waals surface area contributed by atoms with E-state index >= 15 is 0 Å². The van der Waals surface area contributed by atoms with E-state index in [1.54, 1.807) is 36.8 Å². The summed E-state index contributed by atoms with van der Waals surface area (Å²) in [6.07, 6.45) is 5.63. The number of piperidine rings is 1. The van der Waals surface area contributed by atoms with Crippen molar-refractivity contribution in [3.63, 3.8) is 0 Å². The Kier molecular flexibility index (Phi) is 6.96. The number of carbonyl (C=O) groups excluding carboxylic acids is 2. The summed E-state index contributed by atoms with van der Waals surface area (Å²) in [6, 6.07) is 6.56. The van der Waals surface area contributed by atoms with Gasteiger partial charge in [-0.2, -0.15) is 5.10 Å². The largest absolute Gasteiger partial charge is 0.355 e. The van der Waals surface area contributed by atoms with Crippen LogP contribution >= 0.6 is 11.6 Å². The standard InChI is InChI=1S/C26H33ClN8O2/c1-16-14-35-23(30-24(16)33-11-9-18(28)15-33)13-21(31-35)22-6-4-5-10-34(22)25(36)19-12-17(27)7-8-20(19)29-26(37)32(2)3/h7-8,12-14,18,22H,4-6,9-11,15,28H2,1-3H3,(H,29,37)/t18-,22+/m0/s1. The first kappa shape index (κ1) is 25.3. The average Bonchev–Trinajstić information content (AvgIpc) is 3.49. The summed E-state index contributed by atoms with van der Waals surface area (Å²) >= 11 is 6.27. The van der Waals surface area contributed by atoms with Gasteiger partial charge in [-0.1, -0.05) is 11.6 Å². The monoisotopic (exact) mass is 524 g/mol. The Hall–Kier alpha value is -3.37. The van der Waals surface area contributed by atoms with Crippen molar-refractivity contribution in [3.8, 4) is 0 Å². The topological polar surface area (TPSA) is 112 Å². The number of aromatic nitrogens is 3. The summed E-state index contributed by atoms with van der Waals surface area (Å²) in [5, 5.41) is 8.08. The number of anilines is 2. The van der Waals surface area contributed by atoms with Gasteiger partial charge in [0.25, 0.3) is 5.91 Å². The van der Waals surface area contributed by atoms with Gasteiger partial charge in [-0.05, 0) is 50.8 Å². The molecule has 0 spiro atoms. The number of hydrogen-bond donors (Lipinski definition) is 2. The lowest BCUT2D eigenvalue weighted by Crippen LogP contribution is -2.39. The summed E-state index contributed by atoms with van der Waals surface area (Å²) in [4.78, 5) is 36.6. The normalized spacial score (nSPS) is 19.9. The molecule has 2 aromatic heterocycles. The smallest absolute Gasteiger partial charge is 0.321 e. The van der Waals surface area contributed by atoms with Gasteiger partial charge in [-0.3, -0.25) is 4.79 Å². The van der Waals surface area contributed by atoms with Gasteiger partial charge in [0, 0.05) is 62.6 Å². The molecule has 2 aliphatic rings. The predicted octanol–water partition coefficient (Wildman–Crippen LogP) is 3.69. The highest BCUT2D eigenvalue weighted by Crippen LogP contribution is 2.34. The zero-order valence-electron chi connectivity index (χ0n) is 21.4. The molecule has 2 saturated heterocycles. The maximum atomic E-state index is 13.9. The van der Waals surface area contributed by atoms with Gasteiger partial charge >= 0.3 is 6.03 Å². The van der Waals surface area contributed by atoms with Crippen molar-refractivity contribution < 1.29 is 9.59 Å². The average molecular weight is 525 g/mol. The number of hydrogen-bond acceptors (Lipinski definition) is 6. The SMILES string of the molecule is Cc1cn2nc([C@H]3CCCCN3C(=O)c3cc(Cl)ccc3NC(=O)N(C)C)cc2nc1N1CC[C@H](N)C1. The lowest BCUT2D eigenvalue weighted by Gasteiger charge is -2.35. The van der Waals surface area contributed by atoms with Crippen molar-refractivity contribution >= 4 is 40.7 Å². The first-order chi connectivity index (χ1) is 17.7. The number of nitrogens with one attached hydrogen (secondary N) is 1. The third kappa shape index (κ3) is 5.08. The minimum absolute atomic E-state index is 0.165. The molecule has 0 radical (unpaired) electrons. The van der Waals surface area contributed by atoms with Gasteiger partial charge in [-0.25, -0.2) is 14.3 Å². The number of rotatable bonds is 4. The number of halogens is 1. The van der Waals surface area contributed by atoms with E-state index in [2.05, 4.69) is 10.2 Å². The van der Waals surface area contributed by atoms with E-state index in [-0.39, 0.29) is 24.0 Å². The van der Waals surface area contributed by atoms with Crippen molar-refractivity contribution in [1.29, 1.82) is 0 Å². The molecule has 11 heteroatoms. The van der Waals surface area contributed by atoms with Crippen molar-refractivity contribution in [3.05, 3.63) is 52.3 Å². The van der Waals surface area contributed by atoms with E-state index < -0.39 is 0 Å². The maximum absolute atomic E-state index is 13.9. The molecule has 2 aliphatic heterocycles. The second-order valence-corrected chi connectivity index (χ2v) is 10.6. The third-order valence-corrected chi connectivity index (χ3v) is 7.35. The lowest BCUT2D eigenvalue weighted by molar-refractivity contribution is 0.0607. The number of amides is 3. The second kappa shape index (κ2) is 10.2.